The molecule has 1 fully saturated rings. The maximum absolute atomic E-state index is 13.0. The molecule has 2 heterocycles. The van der Waals surface area contributed by atoms with Gasteiger partial charge in [-0.25, -0.2) is 0 Å². The minimum atomic E-state index is -0.787. The lowest BCUT2D eigenvalue weighted by Crippen LogP contribution is -2.29. The lowest BCUT2D eigenvalue weighted by Gasteiger charge is -2.25. The molecule has 0 spiro atoms. The Labute approximate surface area is 174 Å². The predicted octanol–water partition coefficient (Wildman–Crippen LogP) is 4.11. The zero-order valence-corrected chi connectivity index (χ0v) is 16.4. The number of aliphatic hydroxyl groups is 1. The number of hydrogen-bond donors (Lipinski definition) is 1. The van der Waals surface area contributed by atoms with Gasteiger partial charge >= 0.3 is 0 Å². The smallest absolute Gasteiger partial charge is 0.300 e. The molecule has 30 heavy (non-hydrogen) atoms. The van der Waals surface area contributed by atoms with Crippen molar-refractivity contribution in [3.63, 3.8) is 0 Å². The lowest BCUT2D eigenvalue weighted by molar-refractivity contribution is -0.132. The molecule has 1 amide bonds. The number of carbonyl (C=O) groups is 2. The van der Waals surface area contributed by atoms with Gasteiger partial charge in [0.15, 0.2) is 0 Å². The molecule has 6 heteroatoms. The first-order valence-electron chi connectivity index (χ1n) is 9.61. The fourth-order valence-electron chi connectivity index (χ4n) is 3.58. The van der Waals surface area contributed by atoms with Gasteiger partial charge in [0, 0.05) is 11.8 Å². The zero-order chi connectivity index (χ0) is 21.1. The van der Waals surface area contributed by atoms with Crippen LogP contribution in [0.2, 0.25) is 0 Å². The van der Waals surface area contributed by atoms with Crippen molar-refractivity contribution in [3.05, 3.63) is 95.8 Å². The number of carbonyl (C=O) groups excluding carboxylic acids is 2. The van der Waals surface area contributed by atoms with Gasteiger partial charge in [0.2, 0.25) is 0 Å². The highest BCUT2D eigenvalue weighted by atomic mass is 16.5. The molecule has 6 nitrogen and oxygen atoms in total. The Balaban J connectivity index is 1.90. The molecule has 3 aromatic rings. The number of amides is 1. The van der Waals surface area contributed by atoms with E-state index in [0.29, 0.717) is 29.2 Å². The normalized spacial score (nSPS) is 17.9. The molecule has 0 saturated carbocycles. The summed E-state index contributed by atoms with van der Waals surface area (Å²) in [6.07, 6.45) is 3.12. The molecular formula is C24H20N2O4. The summed E-state index contributed by atoms with van der Waals surface area (Å²) in [4.78, 5) is 31.4. The van der Waals surface area contributed by atoms with Crippen LogP contribution in [0.1, 0.15) is 24.1 Å². The van der Waals surface area contributed by atoms with Crippen LogP contribution in [-0.4, -0.2) is 28.4 Å². The number of benzene rings is 2. The molecule has 150 valence electrons. The summed E-state index contributed by atoms with van der Waals surface area (Å²) < 4.78 is 5.50. The number of nitrogens with zero attached hydrogens (tertiary/aromatic N) is 2. The van der Waals surface area contributed by atoms with Crippen LogP contribution in [0, 0.1) is 0 Å². The molecule has 0 radical (unpaired) electrons. The van der Waals surface area contributed by atoms with Gasteiger partial charge in [0.05, 0.1) is 30.1 Å². The monoisotopic (exact) mass is 400 g/mol. The molecule has 1 N–H and O–H groups in total. The number of Topliss-reactive ketones (excluding diaryl/α,β-unsaturated/α-hetero) is 1. The van der Waals surface area contributed by atoms with Crippen LogP contribution in [0.25, 0.3) is 5.76 Å². The van der Waals surface area contributed by atoms with Gasteiger partial charge in [-0.2, -0.15) is 0 Å². The summed E-state index contributed by atoms with van der Waals surface area (Å²) in [5.74, 6) is -0.972. The molecule has 1 atom stereocenters. The average molecular weight is 400 g/mol. The van der Waals surface area contributed by atoms with Crippen LogP contribution in [-0.2, 0) is 9.59 Å². The van der Waals surface area contributed by atoms with Crippen molar-refractivity contribution < 1.29 is 19.4 Å². The van der Waals surface area contributed by atoms with Gasteiger partial charge in [-0.3, -0.25) is 19.5 Å². The van der Waals surface area contributed by atoms with Gasteiger partial charge in [-0.05, 0) is 36.8 Å². The quantitative estimate of drug-likeness (QED) is 0.396. The second kappa shape index (κ2) is 8.21. The van der Waals surface area contributed by atoms with E-state index < -0.39 is 17.7 Å². The molecule has 1 aromatic heterocycles. The molecule has 1 aliphatic heterocycles. The SMILES string of the molecule is CCOc1ccc([C@@H]2C(=C(O)c3ccccc3)C(=O)C(=O)N2c2cccnc2)cc1. The first-order valence-corrected chi connectivity index (χ1v) is 9.61. The lowest BCUT2D eigenvalue weighted by atomic mass is 9.95. The second-order valence-electron chi connectivity index (χ2n) is 6.75. The van der Waals surface area contributed by atoms with E-state index in [1.807, 2.05) is 13.0 Å². The van der Waals surface area contributed by atoms with Crippen molar-refractivity contribution in [2.45, 2.75) is 13.0 Å². The van der Waals surface area contributed by atoms with Crippen molar-refractivity contribution in [2.75, 3.05) is 11.5 Å². The Morgan fingerprint density at radius 3 is 2.40 bits per heavy atom. The third-order valence-corrected chi connectivity index (χ3v) is 4.92. The number of rotatable bonds is 5. The second-order valence-corrected chi connectivity index (χ2v) is 6.75. The van der Waals surface area contributed by atoms with Crippen LogP contribution >= 0.6 is 0 Å². The highest BCUT2D eigenvalue weighted by Gasteiger charge is 2.47. The first kappa shape index (κ1) is 19.4. The Morgan fingerprint density at radius 2 is 1.77 bits per heavy atom. The summed E-state index contributed by atoms with van der Waals surface area (Å²) in [6, 6.07) is 18.5. The largest absolute Gasteiger partial charge is 0.507 e. The molecule has 0 bridgehead atoms. The Hall–Kier alpha value is -3.93. The minimum Gasteiger partial charge on any atom is -0.507 e. The fourth-order valence-corrected chi connectivity index (χ4v) is 3.58. The van der Waals surface area contributed by atoms with Gasteiger partial charge in [-0.15, -0.1) is 0 Å². The Morgan fingerprint density at radius 1 is 1.03 bits per heavy atom. The highest BCUT2D eigenvalue weighted by Crippen LogP contribution is 2.42. The summed E-state index contributed by atoms with van der Waals surface area (Å²) >= 11 is 0. The predicted molar refractivity (Wildman–Crippen MR) is 113 cm³/mol. The minimum absolute atomic E-state index is 0.0409. The van der Waals surface area contributed by atoms with Crippen molar-refractivity contribution in [2.24, 2.45) is 0 Å². The highest BCUT2D eigenvalue weighted by molar-refractivity contribution is 6.51. The number of hydrogen-bond acceptors (Lipinski definition) is 5. The van der Waals surface area contributed by atoms with Crippen LogP contribution in [0.3, 0.4) is 0 Å². The summed E-state index contributed by atoms with van der Waals surface area (Å²) in [7, 11) is 0. The number of aliphatic hydroxyl groups excluding tert-OH is 1. The molecular weight excluding hydrogens is 380 g/mol. The number of ether oxygens (including phenoxy) is 1. The van der Waals surface area contributed by atoms with Crippen molar-refractivity contribution in [1.82, 2.24) is 4.98 Å². The number of aromatic nitrogens is 1. The Bertz CT molecular complexity index is 1090. The van der Waals surface area contributed by atoms with E-state index in [2.05, 4.69) is 4.98 Å². The summed E-state index contributed by atoms with van der Waals surface area (Å²) in [5, 5.41) is 11.0. The van der Waals surface area contributed by atoms with Gasteiger partial charge in [0.25, 0.3) is 11.7 Å². The number of anilines is 1. The van der Waals surface area contributed by atoms with E-state index in [9.17, 15) is 14.7 Å². The topological polar surface area (TPSA) is 79.7 Å². The molecule has 0 aliphatic carbocycles. The van der Waals surface area contributed by atoms with E-state index in [1.165, 1.54) is 11.1 Å². The third kappa shape index (κ3) is 3.43. The van der Waals surface area contributed by atoms with Gasteiger partial charge in [0.1, 0.15) is 11.5 Å². The van der Waals surface area contributed by atoms with Crippen molar-refractivity contribution >= 4 is 23.1 Å². The van der Waals surface area contributed by atoms with E-state index >= 15 is 0 Å². The van der Waals surface area contributed by atoms with E-state index in [0.717, 1.165) is 0 Å². The standard InChI is InChI=1S/C24H20N2O4/c1-2-30-19-12-10-16(11-13-19)21-20(22(27)17-7-4-3-5-8-17)23(28)24(29)26(21)18-9-6-14-25-15-18/h3-15,21,27H,2H2,1H3/t21-/m1/s1. The van der Waals surface area contributed by atoms with E-state index in [1.54, 1.807) is 66.9 Å². The van der Waals surface area contributed by atoms with Crippen molar-refractivity contribution in [1.29, 1.82) is 0 Å². The first-order chi connectivity index (χ1) is 14.6. The maximum Gasteiger partial charge on any atom is 0.300 e. The average Bonchev–Trinajstić information content (AvgIpc) is 3.06. The molecule has 4 rings (SSSR count). The van der Waals surface area contributed by atoms with Gasteiger partial charge < -0.3 is 9.84 Å². The van der Waals surface area contributed by atoms with E-state index in [4.69, 9.17) is 4.74 Å². The maximum atomic E-state index is 13.0. The van der Waals surface area contributed by atoms with Crippen LogP contribution in [0.5, 0.6) is 5.75 Å². The fraction of sp³-hybridized carbons (Fsp3) is 0.125. The molecule has 0 unspecified atom stereocenters. The third-order valence-electron chi connectivity index (χ3n) is 4.92. The molecule has 1 saturated heterocycles. The zero-order valence-electron chi connectivity index (χ0n) is 16.4. The number of pyridine rings is 1. The van der Waals surface area contributed by atoms with Crippen LogP contribution in [0.4, 0.5) is 5.69 Å². The molecule has 1 aliphatic rings. The molecule has 2 aromatic carbocycles. The van der Waals surface area contributed by atoms with Crippen LogP contribution < -0.4 is 9.64 Å². The van der Waals surface area contributed by atoms with Crippen molar-refractivity contribution in [3.8, 4) is 5.75 Å². The summed E-state index contributed by atoms with van der Waals surface area (Å²) in [6.45, 7) is 2.42. The summed E-state index contributed by atoms with van der Waals surface area (Å²) in [5.41, 5.74) is 1.67. The van der Waals surface area contributed by atoms with Crippen LogP contribution in [0.15, 0.2) is 84.7 Å². The Kier molecular flexibility index (Phi) is 5.30. The van der Waals surface area contributed by atoms with Gasteiger partial charge in [-0.1, -0.05) is 42.5 Å². The van der Waals surface area contributed by atoms with E-state index in [-0.39, 0.29) is 11.3 Å². The number of ketones is 1.